The van der Waals surface area contributed by atoms with Crippen LogP contribution in [-0.2, 0) is 11.3 Å². The van der Waals surface area contributed by atoms with E-state index in [2.05, 4.69) is 34.4 Å². The van der Waals surface area contributed by atoms with Gasteiger partial charge >= 0.3 is 5.97 Å². The van der Waals surface area contributed by atoms with Gasteiger partial charge in [0.25, 0.3) is 0 Å². The molecule has 0 spiro atoms. The van der Waals surface area contributed by atoms with Gasteiger partial charge in [0.1, 0.15) is 12.2 Å². The summed E-state index contributed by atoms with van der Waals surface area (Å²) in [6.07, 6.45) is 3.45. The van der Waals surface area contributed by atoms with Crippen LogP contribution in [0.5, 0.6) is 5.75 Å². The highest BCUT2D eigenvalue weighted by Crippen LogP contribution is 2.26. The van der Waals surface area contributed by atoms with Crippen LogP contribution in [0.3, 0.4) is 0 Å². The summed E-state index contributed by atoms with van der Waals surface area (Å²) in [4.78, 5) is 19.4. The Kier molecular flexibility index (Phi) is 7.95. The van der Waals surface area contributed by atoms with E-state index in [0.717, 1.165) is 22.2 Å². The van der Waals surface area contributed by atoms with Gasteiger partial charge in [-0.1, -0.05) is 44.2 Å². The Morgan fingerprint density at radius 3 is 2.51 bits per heavy atom. The largest absolute Gasteiger partial charge is 0.488 e. The maximum absolute atomic E-state index is 10.6. The fraction of sp³-hybridized carbons (Fsp3) is 0.296. The van der Waals surface area contributed by atoms with E-state index in [1.807, 2.05) is 54.6 Å². The van der Waals surface area contributed by atoms with Crippen LogP contribution in [0.25, 0.3) is 22.6 Å². The van der Waals surface area contributed by atoms with Gasteiger partial charge in [-0.2, -0.15) is 0 Å². The van der Waals surface area contributed by atoms with Crippen molar-refractivity contribution in [2.24, 2.45) is 5.92 Å². The van der Waals surface area contributed by atoms with Crippen molar-refractivity contribution in [2.75, 3.05) is 18.5 Å². The number of rotatable bonds is 12. The molecule has 0 bridgehead atoms. The molecule has 0 aliphatic heterocycles. The number of carboxylic acid groups (broad SMARTS) is 1. The first-order chi connectivity index (χ1) is 17.0. The number of hydrogen-bond donors (Lipinski definition) is 3. The molecular weight excluding hydrogens is 444 g/mol. The number of carboxylic acids is 1. The molecule has 0 saturated carbocycles. The molecule has 8 nitrogen and oxygen atoms in total. The summed E-state index contributed by atoms with van der Waals surface area (Å²) in [5.74, 6) is 1.28. The fourth-order valence-corrected chi connectivity index (χ4v) is 3.56. The fourth-order valence-electron chi connectivity index (χ4n) is 3.56. The maximum Gasteiger partial charge on any atom is 0.304 e. The number of para-hydroxylation sites is 1. The standard InChI is InChI=1S/C27H30N4O4/c1-18(2)23(31-21-9-7-19(8-10-21)14-28-12-11-26(32)33)17-34-22-15-29-27(30-16-22)25-13-20-5-3-4-6-24(20)35-25/h3-10,13,15-16,18,23,28,31H,11-12,14,17H2,1-2H3,(H,32,33)/t23-/m1/s1. The molecule has 182 valence electrons. The molecule has 0 radical (unpaired) electrons. The molecule has 2 aromatic carbocycles. The Morgan fingerprint density at radius 1 is 1.09 bits per heavy atom. The molecule has 35 heavy (non-hydrogen) atoms. The Hall–Kier alpha value is -3.91. The number of fused-ring (bicyclic) bond motifs is 1. The van der Waals surface area contributed by atoms with E-state index in [1.165, 1.54) is 0 Å². The van der Waals surface area contributed by atoms with Crippen LogP contribution in [0.15, 0.2) is 71.4 Å². The van der Waals surface area contributed by atoms with Gasteiger partial charge in [0.2, 0.25) is 0 Å². The summed E-state index contributed by atoms with van der Waals surface area (Å²) in [7, 11) is 0. The smallest absolute Gasteiger partial charge is 0.304 e. The third-order valence-electron chi connectivity index (χ3n) is 5.66. The topological polar surface area (TPSA) is 110 Å². The summed E-state index contributed by atoms with van der Waals surface area (Å²) in [6.45, 7) is 5.83. The van der Waals surface area contributed by atoms with E-state index in [4.69, 9.17) is 14.3 Å². The predicted molar refractivity (Wildman–Crippen MR) is 135 cm³/mol. The lowest BCUT2D eigenvalue weighted by atomic mass is 10.0. The summed E-state index contributed by atoms with van der Waals surface area (Å²) < 4.78 is 11.8. The second-order valence-corrected chi connectivity index (χ2v) is 8.71. The minimum absolute atomic E-state index is 0.0876. The third kappa shape index (κ3) is 6.80. The normalized spacial score (nSPS) is 12.1. The monoisotopic (exact) mass is 474 g/mol. The first-order valence-corrected chi connectivity index (χ1v) is 11.7. The molecule has 0 unspecified atom stereocenters. The van der Waals surface area contributed by atoms with Gasteiger partial charge in [-0.15, -0.1) is 0 Å². The number of aliphatic carboxylic acids is 1. The zero-order chi connectivity index (χ0) is 24.6. The van der Waals surface area contributed by atoms with E-state index in [0.29, 0.717) is 42.9 Å². The van der Waals surface area contributed by atoms with E-state index >= 15 is 0 Å². The van der Waals surface area contributed by atoms with Crippen LogP contribution in [-0.4, -0.2) is 40.2 Å². The van der Waals surface area contributed by atoms with Crippen molar-refractivity contribution >= 4 is 22.6 Å². The van der Waals surface area contributed by atoms with Crippen molar-refractivity contribution in [1.29, 1.82) is 0 Å². The second-order valence-electron chi connectivity index (χ2n) is 8.71. The van der Waals surface area contributed by atoms with Crippen molar-refractivity contribution in [3.8, 4) is 17.3 Å². The predicted octanol–water partition coefficient (Wildman–Crippen LogP) is 4.97. The number of ether oxygens (including phenoxy) is 1. The molecular formula is C27H30N4O4. The van der Waals surface area contributed by atoms with Gasteiger partial charge < -0.3 is 24.9 Å². The summed E-state index contributed by atoms with van der Waals surface area (Å²) in [6, 6.07) is 17.9. The SMILES string of the molecule is CC(C)[C@@H](COc1cnc(-c2cc3ccccc3o2)nc1)Nc1ccc(CNCCC(=O)O)cc1. The van der Waals surface area contributed by atoms with Crippen LogP contribution in [0.2, 0.25) is 0 Å². The number of furan rings is 1. The Morgan fingerprint density at radius 2 is 1.83 bits per heavy atom. The highest BCUT2D eigenvalue weighted by atomic mass is 16.5. The van der Waals surface area contributed by atoms with Crippen molar-refractivity contribution in [3.63, 3.8) is 0 Å². The number of nitrogens with one attached hydrogen (secondary N) is 2. The molecule has 0 fully saturated rings. The molecule has 0 amide bonds. The van der Waals surface area contributed by atoms with Crippen LogP contribution in [0.1, 0.15) is 25.8 Å². The van der Waals surface area contributed by atoms with Crippen LogP contribution >= 0.6 is 0 Å². The van der Waals surface area contributed by atoms with E-state index in [-0.39, 0.29) is 12.5 Å². The molecule has 0 saturated heterocycles. The Bertz CT molecular complexity index is 1200. The van der Waals surface area contributed by atoms with Gasteiger partial charge in [0.05, 0.1) is 24.9 Å². The van der Waals surface area contributed by atoms with E-state index in [1.54, 1.807) is 12.4 Å². The summed E-state index contributed by atoms with van der Waals surface area (Å²) in [5, 5.41) is 16.4. The lowest BCUT2D eigenvalue weighted by molar-refractivity contribution is -0.136. The van der Waals surface area contributed by atoms with Gasteiger partial charge in [-0.25, -0.2) is 9.97 Å². The van der Waals surface area contributed by atoms with Gasteiger partial charge in [0, 0.05) is 24.2 Å². The second kappa shape index (κ2) is 11.5. The molecule has 4 rings (SSSR count). The van der Waals surface area contributed by atoms with Gasteiger partial charge in [0.15, 0.2) is 17.3 Å². The Balaban J connectivity index is 1.30. The van der Waals surface area contributed by atoms with Crippen LogP contribution in [0, 0.1) is 5.92 Å². The third-order valence-corrected chi connectivity index (χ3v) is 5.66. The first-order valence-electron chi connectivity index (χ1n) is 11.7. The number of anilines is 1. The summed E-state index contributed by atoms with van der Waals surface area (Å²) in [5.41, 5.74) is 2.90. The zero-order valence-corrected chi connectivity index (χ0v) is 19.9. The number of nitrogens with zero attached hydrogens (tertiary/aromatic N) is 2. The van der Waals surface area contributed by atoms with Gasteiger partial charge in [-0.3, -0.25) is 4.79 Å². The minimum atomic E-state index is -0.798. The van der Waals surface area contributed by atoms with E-state index in [9.17, 15) is 4.79 Å². The number of hydrogen-bond acceptors (Lipinski definition) is 7. The molecule has 8 heteroatoms. The highest BCUT2D eigenvalue weighted by molar-refractivity contribution is 5.81. The lowest BCUT2D eigenvalue weighted by Crippen LogP contribution is -2.32. The average Bonchev–Trinajstić information content (AvgIpc) is 3.30. The molecule has 2 heterocycles. The van der Waals surface area contributed by atoms with Crippen molar-refractivity contribution in [1.82, 2.24) is 15.3 Å². The number of carbonyl (C=O) groups is 1. The summed E-state index contributed by atoms with van der Waals surface area (Å²) >= 11 is 0. The van der Waals surface area contributed by atoms with E-state index < -0.39 is 5.97 Å². The maximum atomic E-state index is 10.6. The highest BCUT2D eigenvalue weighted by Gasteiger charge is 2.15. The van der Waals surface area contributed by atoms with Gasteiger partial charge in [-0.05, 0) is 35.7 Å². The molecule has 1 atom stereocenters. The van der Waals surface area contributed by atoms with Crippen molar-refractivity contribution in [2.45, 2.75) is 32.9 Å². The minimum Gasteiger partial charge on any atom is -0.488 e. The lowest BCUT2D eigenvalue weighted by Gasteiger charge is -2.24. The van der Waals surface area contributed by atoms with Crippen molar-refractivity contribution in [3.05, 3.63) is 72.6 Å². The molecule has 0 aliphatic rings. The number of benzene rings is 2. The van der Waals surface area contributed by atoms with Crippen molar-refractivity contribution < 1.29 is 19.1 Å². The molecule has 4 aromatic rings. The zero-order valence-electron chi connectivity index (χ0n) is 19.9. The Labute approximate surface area is 204 Å². The molecule has 2 aromatic heterocycles. The molecule has 3 N–H and O–H groups in total. The van der Waals surface area contributed by atoms with Crippen LogP contribution < -0.4 is 15.4 Å². The average molecular weight is 475 g/mol. The van der Waals surface area contributed by atoms with Crippen LogP contribution in [0.4, 0.5) is 5.69 Å². The number of aromatic nitrogens is 2. The first kappa shape index (κ1) is 24.2. The molecule has 0 aliphatic carbocycles. The quantitative estimate of drug-likeness (QED) is 0.247.